The van der Waals surface area contributed by atoms with Gasteiger partial charge in [0.05, 0.1) is 0 Å². The van der Waals surface area contributed by atoms with Gasteiger partial charge in [-0.05, 0) is 58.0 Å². The van der Waals surface area contributed by atoms with Crippen LogP contribution in [0.3, 0.4) is 0 Å². The van der Waals surface area contributed by atoms with Crippen LogP contribution in [0.25, 0.3) is 0 Å². The standard InChI is InChI=1S/C19H31N3O2S/c1-14(2)21-19(24)12-15-9-10-16(22(15)3)13-20-18(23)8-4-6-17-7-5-11-25-17/h5,7,11,14-16H,4,6,8-10,12-13H2,1-3H3,(H,20,23)(H,21,24)/t15-,16+/m1/s1. The van der Waals surface area contributed by atoms with E-state index in [1.807, 2.05) is 19.9 Å². The fraction of sp³-hybridized carbons (Fsp3) is 0.684. The number of hydrogen-bond acceptors (Lipinski definition) is 4. The predicted octanol–water partition coefficient (Wildman–Crippen LogP) is 2.56. The summed E-state index contributed by atoms with van der Waals surface area (Å²) in [5.74, 6) is 0.246. The molecule has 2 atom stereocenters. The van der Waals surface area contributed by atoms with Crippen LogP contribution in [0.2, 0.25) is 0 Å². The van der Waals surface area contributed by atoms with Crippen molar-refractivity contribution >= 4 is 23.2 Å². The third kappa shape index (κ3) is 6.78. The molecule has 2 rings (SSSR count). The monoisotopic (exact) mass is 365 g/mol. The zero-order chi connectivity index (χ0) is 18.2. The summed E-state index contributed by atoms with van der Waals surface area (Å²) in [7, 11) is 2.06. The molecule has 2 heterocycles. The van der Waals surface area contributed by atoms with Crippen molar-refractivity contribution in [2.45, 2.75) is 70.5 Å². The molecular weight excluding hydrogens is 334 g/mol. The highest BCUT2D eigenvalue weighted by atomic mass is 32.1. The number of carbonyl (C=O) groups is 2. The number of carbonyl (C=O) groups excluding carboxylic acids is 2. The lowest BCUT2D eigenvalue weighted by atomic mass is 10.1. The van der Waals surface area contributed by atoms with Gasteiger partial charge in [0.15, 0.2) is 0 Å². The van der Waals surface area contributed by atoms with Gasteiger partial charge in [-0.15, -0.1) is 11.3 Å². The Morgan fingerprint density at radius 3 is 2.72 bits per heavy atom. The van der Waals surface area contributed by atoms with Crippen LogP contribution in [0.4, 0.5) is 0 Å². The quantitative estimate of drug-likeness (QED) is 0.707. The Labute approximate surface area is 155 Å². The molecule has 1 aromatic heterocycles. The maximum atomic E-state index is 12.0. The van der Waals surface area contributed by atoms with Gasteiger partial charge < -0.3 is 10.6 Å². The molecular formula is C19H31N3O2S. The number of nitrogens with zero attached hydrogens (tertiary/aromatic N) is 1. The zero-order valence-electron chi connectivity index (χ0n) is 15.6. The number of likely N-dealkylation sites (tertiary alicyclic amines) is 1. The first kappa shape index (κ1) is 19.9. The van der Waals surface area contributed by atoms with Gasteiger partial charge in [-0.25, -0.2) is 0 Å². The average molecular weight is 366 g/mol. The molecule has 0 radical (unpaired) electrons. The molecule has 0 bridgehead atoms. The first-order chi connectivity index (χ1) is 12.0. The molecule has 0 aromatic carbocycles. The number of nitrogens with one attached hydrogen (secondary N) is 2. The van der Waals surface area contributed by atoms with E-state index in [2.05, 4.69) is 34.0 Å². The summed E-state index contributed by atoms with van der Waals surface area (Å²) in [6.07, 6.45) is 5.04. The van der Waals surface area contributed by atoms with E-state index in [-0.39, 0.29) is 23.9 Å². The van der Waals surface area contributed by atoms with Crippen molar-refractivity contribution < 1.29 is 9.59 Å². The maximum absolute atomic E-state index is 12.0. The maximum Gasteiger partial charge on any atom is 0.221 e. The summed E-state index contributed by atoms with van der Waals surface area (Å²) in [6, 6.07) is 4.96. The normalized spacial score (nSPS) is 20.8. The van der Waals surface area contributed by atoms with E-state index < -0.39 is 0 Å². The second-order valence-electron chi connectivity index (χ2n) is 7.21. The van der Waals surface area contributed by atoms with Crippen molar-refractivity contribution in [3.05, 3.63) is 22.4 Å². The third-order valence-corrected chi connectivity index (χ3v) is 5.73. The number of likely N-dealkylation sites (N-methyl/N-ethyl adjacent to an activating group) is 1. The molecule has 0 unspecified atom stereocenters. The van der Waals surface area contributed by atoms with Crippen LogP contribution in [0.15, 0.2) is 17.5 Å². The highest BCUT2D eigenvalue weighted by molar-refractivity contribution is 7.09. The molecule has 140 valence electrons. The molecule has 2 amide bonds. The Balaban J connectivity index is 1.63. The molecule has 5 nitrogen and oxygen atoms in total. The average Bonchev–Trinajstić information content (AvgIpc) is 3.16. The van der Waals surface area contributed by atoms with Crippen LogP contribution in [0.1, 0.15) is 50.8 Å². The van der Waals surface area contributed by atoms with Crippen LogP contribution in [-0.4, -0.2) is 48.4 Å². The van der Waals surface area contributed by atoms with E-state index in [4.69, 9.17) is 0 Å². The molecule has 1 aliphatic rings. The molecule has 2 N–H and O–H groups in total. The second kappa shape index (κ2) is 9.92. The van der Waals surface area contributed by atoms with Crippen LogP contribution in [0.5, 0.6) is 0 Å². The molecule has 6 heteroatoms. The lowest BCUT2D eigenvalue weighted by Crippen LogP contribution is -2.43. The summed E-state index contributed by atoms with van der Waals surface area (Å²) in [5.41, 5.74) is 0. The van der Waals surface area contributed by atoms with E-state index in [1.54, 1.807) is 11.3 Å². The summed E-state index contributed by atoms with van der Waals surface area (Å²) in [6.45, 7) is 4.64. The van der Waals surface area contributed by atoms with Gasteiger partial charge in [-0.2, -0.15) is 0 Å². The molecule has 0 saturated carbocycles. The number of amides is 2. The Kier molecular flexibility index (Phi) is 7.90. The topological polar surface area (TPSA) is 61.4 Å². The van der Waals surface area contributed by atoms with Crippen molar-refractivity contribution in [2.75, 3.05) is 13.6 Å². The number of hydrogen-bond donors (Lipinski definition) is 2. The summed E-state index contributed by atoms with van der Waals surface area (Å²) in [4.78, 5) is 27.6. The van der Waals surface area contributed by atoms with Crippen LogP contribution >= 0.6 is 11.3 Å². The fourth-order valence-corrected chi connectivity index (χ4v) is 4.13. The Bertz CT molecular complexity index is 545. The smallest absolute Gasteiger partial charge is 0.221 e. The van der Waals surface area contributed by atoms with Crippen molar-refractivity contribution in [2.24, 2.45) is 0 Å². The minimum Gasteiger partial charge on any atom is -0.355 e. The van der Waals surface area contributed by atoms with Crippen molar-refractivity contribution in [1.82, 2.24) is 15.5 Å². The minimum atomic E-state index is 0.116. The van der Waals surface area contributed by atoms with Crippen LogP contribution in [0, 0.1) is 0 Å². The van der Waals surface area contributed by atoms with Gasteiger partial charge in [0.1, 0.15) is 0 Å². The fourth-order valence-electron chi connectivity index (χ4n) is 3.38. The van der Waals surface area contributed by atoms with E-state index >= 15 is 0 Å². The van der Waals surface area contributed by atoms with Gasteiger partial charge in [0, 0.05) is 42.4 Å². The summed E-state index contributed by atoms with van der Waals surface area (Å²) >= 11 is 1.75. The van der Waals surface area contributed by atoms with Gasteiger partial charge in [0.2, 0.25) is 11.8 Å². The molecule has 1 fully saturated rings. The lowest BCUT2D eigenvalue weighted by molar-refractivity contribution is -0.123. The SMILES string of the molecule is CC(C)NC(=O)C[C@H]1CC[C@@H](CNC(=O)CCCc2cccs2)N1C. The van der Waals surface area contributed by atoms with E-state index in [9.17, 15) is 9.59 Å². The van der Waals surface area contributed by atoms with Crippen LogP contribution in [-0.2, 0) is 16.0 Å². The van der Waals surface area contributed by atoms with E-state index in [1.165, 1.54) is 4.88 Å². The molecule has 25 heavy (non-hydrogen) atoms. The highest BCUT2D eigenvalue weighted by Gasteiger charge is 2.31. The Hall–Kier alpha value is -1.40. The second-order valence-corrected chi connectivity index (χ2v) is 8.25. The van der Waals surface area contributed by atoms with Gasteiger partial charge >= 0.3 is 0 Å². The summed E-state index contributed by atoms with van der Waals surface area (Å²) < 4.78 is 0. The molecule has 1 aromatic rings. The van der Waals surface area contributed by atoms with Gasteiger partial charge in [0.25, 0.3) is 0 Å². The first-order valence-electron chi connectivity index (χ1n) is 9.26. The van der Waals surface area contributed by atoms with Crippen molar-refractivity contribution in [1.29, 1.82) is 0 Å². The van der Waals surface area contributed by atoms with E-state index in [0.29, 0.717) is 25.4 Å². The lowest BCUT2D eigenvalue weighted by Gasteiger charge is -2.26. The third-order valence-electron chi connectivity index (χ3n) is 4.80. The van der Waals surface area contributed by atoms with Gasteiger partial charge in [-0.3, -0.25) is 14.5 Å². The molecule has 1 aliphatic heterocycles. The first-order valence-corrected chi connectivity index (χ1v) is 10.1. The number of aryl methyl sites for hydroxylation is 1. The highest BCUT2D eigenvalue weighted by Crippen LogP contribution is 2.24. The van der Waals surface area contributed by atoms with Crippen molar-refractivity contribution in [3.8, 4) is 0 Å². The molecule has 1 saturated heterocycles. The number of rotatable bonds is 9. The largest absolute Gasteiger partial charge is 0.355 e. The summed E-state index contributed by atoms with van der Waals surface area (Å²) in [5, 5.41) is 8.09. The minimum absolute atomic E-state index is 0.116. The van der Waals surface area contributed by atoms with E-state index in [0.717, 1.165) is 25.7 Å². The molecule has 0 aliphatic carbocycles. The van der Waals surface area contributed by atoms with Gasteiger partial charge in [-0.1, -0.05) is 6.07 Å². The Morgan fingerprint density at radius 2 is 2.04 bits per heavy atom. The number of thiophene rings is 1. The van der Waals surface area contributed by atoms with Crippen LogP contribution < -0.4 is 10.6 Å². The molecule has 0 spiro atoms. The zero-order valence-corrected chi connectivity index (χ0v) is 16.4. The predicted molar refractivity (Wildman–Crippen MR) is 103 cm³/mol. The van der Waals surface area contributed by atoms with Crippen molar-refractivity contribution in [3.63, 3.8) is 0 Å². The Morgan fingerprint density at radius 1 is 1.28 bits per heavy atom.